The third kappa shape index (κ3) is 4.95. The second-order valence-corrected chi connectivity index (χ2v) is 9.98. The van der Waals surface area contributed by atoms with Crippen LogP contribution in [0.15, 0.2) is 69.2 Å². The van der Waals surface area contributed by atoms with Gasteiger partial charge in [-0.1, -0.05) is 12.1 Å². The van der Waals surface area contributed by atoms with E-state index < -0.39 is 26.6 Å². The molecule has 35 heavy (non-hydrogen) atoms. The Labute approximate surface area is 207 Å². The predicted octanol–water partition coefficient (Wildman–Crippen LogP) is 4.25. The van der Waals surface area contributed by atoms with Crippen LogP contribution < -0.4 is 5.32 Å². The normalized spacial score (nSPS) is 11.5. The topological polar surface area (TPSA) is 112 Å². The van der Waals surface area contributed by atoms with Crippen LogP contribution in [0, 0.1) is 11.6 Å². The van der Waals surface area contributed by atoms with Crippen LogP contribution in [0.5, 0.6) is 5.75 Å². The number of nitrogens with zero attached hydrogens (tertiary/aromatic N) is 5. The Morgan fingerprint density at radius 2 is 1.97 bits per heavy atom. The summed E-state index contributed by atoms with van der Waals surface area (Å²) < 4.78 is 55.5. The highest BCUT2D eigenvalue weighted by Crippen LogP contribution is 2.31. The number of nitrogens with one attached hydrogen (secondary N) is 1. The maximum atomic E-state index is 14.1. The number of aromatic hydroxyl groups is 1. The number of para-hydroxylation sites is 1. The lowest BCUT2D eigenvalue weighted by molar-refractivity contribution is 0.424. The molecule has 0 saturated heterocycles. The van der Waals surface area contributed by atoms with Crippen LogP contribution in [0.2, 0.25) is 0 Å². The molecule has 0 aliphatic carbocycles. The molecule has 0 aliphatic rings. The maximum Gasteiger partial charge on any atom is 0.281 e. The van der Waals surface area contributed by atoms with E-state index in [2.05, 4.69) is 43.1 Å². The van der Waals surface area contributed by atoms with Crippen LogP contribution in [-0.2, 0) is 10.0 Å². The average molecular weight is 565 g/mol. The first-order valence-corrected chi connectivity index (χ1v) is 12.5. The lowest BCUT2D eigenvalue weighted by atomic mass is 10.1. The third-order valence-corrected chi connectivity index (χ3v) is 7.35. The Hall–Kier alpha value is -3.58. The van der Waals surface area contributed by atoms with Gasteiger partial charge in [-0.05, 0) is 46.6 Å². The van der Waals surface area contributed by atoms with Gasteiger partial charge in [0.25, 0.3) is 10.0 Å². The molecule has 0 saturated carbocycles. The van der Waals surface area contributed by atoms with Crippen molar-refractivity contribution in [2.45, 2.75) is 11.3 Å². The second-order valence-electron chi connectivity index (χ2n) is 7.32. The third-order valence-electron chi connectivity index (χ3n) is 5.05. The monoisotopic (exact) mass is 564 g/mol. The molecule has 2 N–H and O–H groups in total. The number of aromatic nitrogens is 3. The quantitative estimate of drug-likeness (QED) is 0.178. The first-order valence-electron chi connectivity index (χ1n) is 10.2. The standard InChI is InChI=1S/C22H19BrF2N6O3S/c1-26-30(35(33,34)20-8-7-14(24)11-17(20)25)10-4-9-27-21-12-18(15-5-2-3-6-19(15)32)29-22-16(23)13-28-31(21)22/h2-3,5-8,11-13,27,32H,1,4,9-10H2. The molecule has 0 aliphatic heterocycles. The SMILES string of the molecule is C=NN(CCCNc1cc(-c2ccccc2O)nc2c(Br)cnn12)S(=O)(=O)c1ccc(F)cc1F. The fourth-order valence-corrected chi connectivity index (χ4v) is 5.03. The van der Waals surface area contributed by atoms with Crippen molar-refractivity contribution in [2.75, 3.05) is 18.4 Å². The van der Waals surface area contributed by atoms with Crippen LogP contribution in [0.25, 0.3) is 16.9 Å². The molecular weight excluding hydrogens is 546 g/mol. The van der Waals surface area contributed by atoms with E-state index in [9.17, 15) is 22.3 Å². The number of hydrogen-bond donors (Lipinski definition) is 2. The largest absolute Gasteiger partial charge is 0.507 e. The molecular formula is C22H19BrF2N6O3S. The summed E-state index contributed by atoms with van der Waals surface area (Å²) in [4.78, 5) is 3.87. The molecule has 0 atom stereocenters. The van der Waals surface area contributed by atoms with Gasteiger partial charge in [-0.25, -0.2) is 13.8 Å². The summed E-state index contributed by atoms with van der Waals surface area (Å²) in [6.45, 7) is 3.43. The molecule has 13 heteroatoms. The summed E-state index contributed by atoms with van der Waals surface area (Å²) in [5.74, 6) is -1.49. The Morgan fingerprint density at radius 3 is 2.69 bits per heavy atom. The Bertz CT molecular complexity index is 1510. The number of phenolic OH excluding ortho intramolecular Hbond substituents is 1. The second kappa shape index (κ2) is 9.96. The van der Waals surface area contributed by atoms with Crippen molar-refractivity contribution < 1.29 is 22.3 Å². The zero-order valence-electron chi connectivity index (χ0n) is 18.1. The molecule has 0 radical (unpaired) electrons. The highest BCUT2D eigenvalue weighted by molar-refractivity contribution is 9.10. The van der Waals surface area contributed by atoms with E-state index in [4.69, 9.17) is 0 Å². The van der Waals surface area contributed by atoms with Gasteiger partial charge in [0.15, 0.2) is 5.65 Å². The number of halogens is 3. The Balaban J connectivity index is 1.52. The van der Waals surface area contributed by atoms with Gasteiger partial charge in [-0.3, -0.25) is 0 Å². The average Bonchev–Trinajstić information content (AvgIpc) is 3.19. The molecule has 2 heterocycles. The Morgan fingerprint density at radius 1 is 1.20 bits per heavy atom. The first-order chi connectivity index (χ1) is 16.7. The predicted molar refractivity (Wildman–Crippen MR) is 131 cm³/mol. The first kappa shape index (κ1) is 24.5. The van der Waals surface area contributed by atoms with E-state index in [-0.39, 0.29) is 25.3 Å². The van der Waals surface area contributed by atoms with Gasteiger partial charge in [0.05, 0.1) is 22.9 Å². The summed E-state index contributed by atoms with van der Waals surface area (Å²) in [7, 11) is -4.35. The van der Waals surface area contributed by atoms with E-state index in [0.717, 1.165) is 12.1 Å². The number of benzene rings is 2. The lowest BCUT2D eigenvalue weighted by Crippen LogP contribution is -2.29. The van der Waals surface area contributed by atoms with Crippen molar-refractivity contribution in [3.8, 4) is 17.0 Å². The summed E-state index contributed by atoms with van der Waals surface area (Å²) in [5, 5.41) is 21.2. The van der Waals surface area contributed by atoms with Gasteiger partial charge >= 0.3 is 0 Å². The molecule has 0 amide bonds. The number of fused-ring (bicyclic) bond motifs is 1. The van der Waals surface area contributed by atoms with Gasteiger partial charge in [0.2, 0.25) is 0 Å². The number of rotatable bonds is 9. The fourth-order valence-electron chi connectivity index (χ4n) is 3.39. The fraction of sp³-hybridized carbons (Fsp3) is 0.136. The summed E-state index contributed by atoms with van der Waals surface area (Å²) in [5.41, 5.74) is 1.54. The van der Waals surface area contributed by atoms with Crippen LogP contribution in [-0.4, -0.2) is 52.3 Å². The summed E-state index contributed by atoms with van der Waals surface area (Å²) in [6, 6.07) is 10.7. The number of sulfonamides is 1. The molecule has 0 bridgehead atoms. The van der Waals surface area contributed by atoms with Crippen molar-refractivity contribution in [3.05, 3.63) is 70.8 Å². The molecule has 2 aromatic carbocycles. The molecule has 0 fully saturated rings. The molecule has 4 aromatic rings. The van der Waals surface area contributed by atoms with Gasteiger partial charge in [0.1, 0.15) is 28.1 Å². The minimum absolute atomic E-state index is 0.0665. The zero-order chi connectivity index (χ0) is 25.2. The Kier molecular flexibility index (Phi) is 6.98. The molecule has 4 rings (SSSR count). The number of hydrazone groups is 1. The van der Waals surface area contributed by atoms with Crippen molar-refractivity contribution >= 4 is 44.1 Å². The molecule has 182 valence electrons. The van der Waals surface area contributed by atoms with Gasteiger partial charge in [-0.2, -0.15) is 27.5 Å². The lowest BCUT2D eigenvalue weighted by Gasteiger charge is -2.19. The zero-order valence-corrected chi connectivity index (χ0v) is 20.5. The molecule has 2 aromatic heterocycles. The number of hydrogen-bond acceptors (Lipinski definition) is 7. The van der Waals surface area contributed by atoms with Crippen LogP contribution >= 0.6 is 15.9 Å². The number of phenols is 1. The summed E-state index contributed by atoms with van der Waals surface area (Å²) >= 11 is 3.41. The minimum atomic E-state index is -4.35. The van der Waals surface area contributed by atoms with Gasteiger partial charge in [-0.15, -0.1) is 0 Å². The highest BCUT2D eigenvalue weighted by Gasteiger charge is 2.26. The van der Waals surface area contributed by atoms with Crippen LogP contribution in [0.1, 0.15) is 6.42 Å². The van der Waals surface area contributed by atoms with Crippen LogP contribution in [0.4, 0.5) is 14.6 Å². The van der Waals surface area contributed by atoms with Crippen molar-refractivity contribution in [1.29, 1.82) is 0 Å². The number of anilines is 1. The molecule has 9 nitrogen and oxygen atoms in total. The summed E-state index contributed by atoms with van der Waals surface area (Å²) in [6.07, 6.45) is 1.84. The van der Waals surface area contributed by atoms with Crippen molar-refractivity contribution in [2.24, 2.45) is 5.10 Å². The van der Waals surface area contributed by atoms with E-state index in [1.54, 1.807) is 41.0 Å². The van der Waals surface area contributed by atoms with Gasteiger partial charge < -0.3 is 10.4 Å². The maximum absolute atomic E-state index is 14.1. The molecule has 0 spiro atoms. The molecule has 0 unspecified atom stereocenters. The van der Waals surface area contributed by atoms with Gasteiger partial charge in [0, 0.05) is 31.0 Å². The highest BCUT2D eigenvalue weighted by atomic mass is 79.9. The van der Waals surface area contributed by atoms with E-state index in [1.807, 2.05) is 0 Å². The van der Waals surface area contributed by atoms with E-state index >= 15 is 0 Å². The van der Waals surface area contributed by atoms with Crippen LogP contribution in [0.3, 0.4) is 0 Å². The minimum Gasteiger partial charge on any atom is -0.507 e. The van der Waals surface area contributed by atoms with E-state index in [1.165, 1.54) is 0 Å². The van der Waals surface area contributed by atoms with E-state index in [0.29, 0.717) is 37.7 Å². The smallest absolute Gasteiger partial charge is 0.281 e. The van der Waals surface area contributed by atoms with Crippen molar-refractivity contribution in [3.63, 3.8) is 0 Å². The van der Waals surface area contributed by atoms with Crippen molar-refractivity contribution in [1.82, 2.24) is 19.0 Å².